The molecule has 2 unspecified atom stereocenters. The molecule has 1 amide bonds. The first-order valence-electron chi connectivity index (χ1n) is 7.84. The van der Waals surface area contributed by atoms with E-state index in [9.17, 15) is 14.7 Å². The molecule has 7 heteroatoms. The Hall–Kier alpha value is -1.34. The normalized spacial score (nSPS) is 25.0. The summed E-state index contributed by atoms with van der Waals surface area (Å²) in [4.78, 5) is 27.1. The van der Waals surface area contributed by atoms with E-state index in [-0.39, 0.29) is 12.2 Å². The van der Waals surface area contributed by atoms with Crippen LogP contribution in [-0.4, -0.2) is 77.5 Å². The average Bonchev–Trinajstić information content (AvgIpc) is 2.91. The molecule has 0 spiro atoms. The second-order valence-corrected chi connectivity index (χ2v) is 6.84. The van der Waals surface area contributed by atoms with Crippen LogP contribution in [0.3, 0.4) is 0 Å². The summed E-state index contributed by atoms with van der Waals surface area (Å²) in [6.45, 7) is 8.13. The van der Waals surface area contributed by atoms with Crippen molar-refractivity contribution in [3.05, 3.63) is 0 Å². The number of rotatable bonds is 3. The van der Waals surface area contributed by atoms with E-state index in [1.54, 1.807) is 4.90 Å². The van der Waals surface area contributed by atoms with E-state index in [4.69, 9.17) is 9.47 Å². The smallest absolute Gasteiger partial charge is 0.410 e. The van der Waals surface area contributed by atoms with Crippen molar-refractivity contribution in [3.8, 4) is 0 Å². The summed E-state index contributed by atoms with van der Waals surface area (Å²) in [6, 6.07) is -0.622. The minimum absolute atomic E-state index is 0.245. The molecule has 2 saturated heterocycles. The SMILES string of the molecule is CC(C)(C)OC(=O)N1CCN(C(C(=O)O)C2CCCO2)CC1. The molecule has 2 heterocycles. The van der Waals surface area contributed by atoms with Crippen LogP contribution in [0, 0.1) is 0 Å². The number of carbonyl (C=O) groups is 2. The summed E-state index contributed by atoms with van der Waals surface area (Å²) < 4.78 is 10.9. The summed E-state index contributed by atoms with van der Waals surface area (Å²) in [5.41, 5.74) is -0.518. The van der Waals surface area contributed by atoms with Gasteiger partial charge in [0.2, 0.25) is 0 Å². The molecular weight excluding hydrogens is 288 g/mol. The van der Waals surface area contributed by atoms with Gasteiger partial charge in [0, 0.05) is 32.8 Å². The van der Waals surface area contributed by atoms with Crippen molar-refractivity contribution in [1.29, 1.82) is 0 Å². The molecule has 2 aliphatic heterocycles. The number of hydrogen-bond acceptors (Lipinski definition) is 5. The third kappa shape index (κ3) is 4.33. The zero-order chi connectivity index (χ0) is 16.3. The molecular formula is C15H26N2O5. The van der Waals surface area contributed by atoms with Gasteiger partial charge in [-0.2, -0.15) is 0 Å². The first kappa shape index (κ1) is 17.0. The lowest BCUT2D eigenvalue weighted by Crippen LogP contribution is -2.57. The zero-order valence-corrected chi connectivity index (χ0v) is 13.6. The number of aliphatic carboxylic acids is 1. The van der Waals surface area contributed by atoms with E-state index in [1.165, 1.54) is 0 Å². The van der Waals surface area contributed by atoms with E-state index in [0.29, 0.717) is 32.8 Å². The van der Waals surface area contributed by atoms with Gasteiger partial charge in [-0.15, -0.1) is 0 Å². The molecule has 126 valence electrons. The predicted molar refractivity (Wildman–Crippen MR) is 79.8 cm³/mol. The molecule has 0 aromatic rings. The predicted octanol–water partition coefficient (Wildman–Crippen LogP) is 1.17. The van der Waals surface area contributed by atoms with Crippen LogP contribution in [0.2, 0.25) is 0 Å². The summed E-state index contributed by atoms with van der Waals surface area (Å²) in [5, 5.41) is 9.49. The summed E-state index contributed by atoms with van der Waals surface area (Å²) in [6.07, 6.45) is 1.11. The molecule has 22 heavy (non-hydrogen) atoms. The van der Waals surface area contributed by atoms with E-state index in [0.717, 1.165) is 12.8 Å². The fourth-order valence-electron chi connectivity index (χ4n) is 2.91. The maximum atomic E-state index is 12.0. The Labute approximate surface area is 131 Å². The molecule has 0 aromatic heterocycles. The van der Waals surface area contributed by atoms with Crippen LogP contribution < -0.4 is 0 Å². The molecule has 2 rings (SSSR count). The molecule has 0 saturated carbocycles. The van der Waals surface area contributed by atoms with E-state index in [2.05, 4.69) is 0 Å². The number of nitrogens with zero attached hydrogens (tertiary/aromatic N) is 2. The van der Waals surface area contributed by atoms with E-state index >= 15 is 0 Å². The summed E-state index contributed by atoms with van der Waals surface area (Å²) in [5.74, 6) is -0.849. The van der Waals surface area contributed by atoms with Gasteiger partial charge in [-0.1, -0.05) is 0 Å². The van der Waals surface area contributed by atoms with Crippen molar-refractivity contribution >= 4 is 12.1 Å². The second kappa shape index (κ2) is 6.83. The van der Waals surface area contributed by atoms with Gasteiger partial charge in [0.15, 0.2) is 0 Å². The van der Waals surface area contributed by atoms with Gasteiger partial charge in [0.05, 0.1) is 6.10 Å². The van der Waals surface area contributed by atoms with Crippen LogP contribution in [0.4, 0.5) is 4.79 Å². The van der Waals surface area contributed by atoms with Crippen LogP contribution >= 0.6 is 0 Å². The Bertz CT molecular complexity index is 407. The number of ether oxygens (including phenoxy) is 2. The molecule has 7 nitrogen and oxygen atoms in total. The Morgan fingerprint density at radius 3 is 2.32 bits per heavy atom. The fraction of sp³-hybridized carbons (Fsp3) is 0.867. The molecule has 0 aliphatic carbocycles. The van der Waals surface area contributed by atoms with E-state index in [1.807, 2.05) is 25.7 Å². The van der Waals surface area contributed by atoms with Crippen LogP contribution in [0.25, 0.3) is 0 Å². The Morgan fingerprint density at radius 1 is 1.23 bits per heavy atom. The Morgan fingerprint density at radius 2 is 1.86 bits per heavy atom. The van der Waals surface area contributed by atoms with Gasteiger partial charge in [-0.3, -0.25) is 9.69 Å². The van der Waals surface area contributed by atoms with Crippen molar-refractivity contribution in [2.75, 3.05) is 32.8 Å². The summed E-state index contributed by atoms with van der Waals surface area (Å²) in [7, 11) is 0. The number of carbonyl (C=O) groups excluding carboxylic acids is 1. The third-order valence-corrected chi connectivity index (χ3v) is 3.93. The van der Waals surface area contributed by atoms with Gasteiger partial charge in [-0.05, 0) is 33.6 Å². The molecule has 2 atom stereocenters. The zero-order valence-electron chi connectivity index (χ0n) is 13.6. The van der Waals surface area contributed by atoms with Crippen molar-refractivity contribution < 1.29 is 24.2 Å². The van der Waals surface area contributed by atoms with Gasteiger partial charge in [0.25, 0.3) is 0 Å². The lowest BCUT2D eigenvalue weighted by atomic mass is 10.1. The van der Waals surface area contributed by atoms with Crippen molar-refractivity contribution in [2.24, 2.45) is 0 Å². The number of carboxylic acid groups (broad SMARTS) is 1. The highest BCUT2D eigenvalue weighted by Gasteiger charge is 2.38. The first-order valence-corrected chi connectivity index (χ1v) is 7.84. The quantitative estimate of drug-likeness (QED) is 0.842. The van der Waals surface area contributed by atoms with Crippen molar-refractivity contribution in [1.82, 2.24) is 9.80 Å². The molecule has 2 aliphatic rings. The minimum atomic E-state index is -0.849. The highest BCUT2D eigenvalue weighted by atomic mass is 16.6. The molecule has 0 aromatic carbocycles. The van der Waals surface area contributed by atoms with Crippen molar-refractivity contribution in [2.45, 2.75) is 51.4 Å². The first-order chi connectivity index (χ1) is 10.3. The fourth-order valence-corrected chi connectivity index (χ4v) is 2.91. The van der Waals surface area contributed by atoms with Crippen LogP contribution in [0.5, 0.6) is 0 Å². The molecule has 2 fully saturated rings. The van der Waals surface area contributed by atoms with Gasteiger partial charge >= 0.3 is 12.1 Å². The maximum absolute atomic E-state index is 12.0. The summed E-state index contributed by atoms with van der Waals surface area (Å²) >= 11 is 0. The van der Waals surface area contributed by atoms with Crippen LogP contribution in [0.1, 0.15) is 33.6 Å². The average molecular weight is 314 g/mol. The topological polar surface area (TPSA) is 79.3 Å². The Kier molecular flexibility index (Phi) is 5.28. The molecule has 0 radical (unpaired) electrons. The number of amides is 1. The third-order valence-electron chi connectivity index (χ3n) is 3.93. The minimum Gasteiger partial charge on any atom is -0.480 e. The lowest BCUT2D eigenvalue weighted by molar-refractivity contribution is -0.149. The second-order valence-electron chi connectivity index (χ2n) is 6.84. The van der Waals surface area contributed by atoms with Crippen LogP contribution in [-0.2, 0) is 14.3 Å². The Balaban J connectivity index is 1.90. The molecule has 1 N–H and O–H groups in total. The van der Waals surface area contributed by atoms with E-state index < -0.39 is 17.6 Å². The van der Waals surface area contributed by atoms with Crippen molar-refractivity contribution in [3.63, 3.8) is 0 Å². The number of carboxylic acids is 1. The monoisotopic (exact) mass is 314 g/mol. The van der Waals surface area contributed by atoms with Gasteiger partial charge < -0.3 is 19.5 Å². The molecule has 0 bridgehead atoms. The highest BCUT2D eigenvalue weighted by Crippen LogP contribution is 2.22. The highest BCUT2D eigenvalue weighted by molar-refractivity contribution is 5.74. The van der Waals surface area contributed by atoms with Gasteiger partial charge in [-0.25, -0.2) is 4.79 Å². The van der Waals surface area contributed by atoms with Gasteiger partial charge in [0.1, 0.15) is 11.6 Å². The lowest BCUT2D eigenvalue weighted by Gasteiger charge is -2.39. The largest absolute Gasteiger partial charge is 0.480 e. The standard InChI is InChI=1S/C15H26N2O5/c1-15(2,3)22-14(20)17-8-6-16(7-9-17)12(13(18)19)11-5-4-10-21-11/h11-12H,4-10H2,1-3H3,(H,18,19). The number of piperazine rings is 1. The number of hydrogen-bond donors (Lipinski definition) is 1. The van der Waals surface area contributed by atoms with Crippen LogP contribution in [0.15, 0.2) is 0 Å². The maximum Gasteiger partial charge on any atom is 0.410 e.